The first-order valence-electron chi connectivity index (χ1n) is 7.46. The van der Waals surface area contributed by atoms with Gasteiger partial charge in [-0.1, -0.05) is 32.6 Å². The minimum atomic E-state index is -0.777. The van der Waals surface area contributed by atoms with E-state index in [1.165, 1.54) is 19.3 Å². The summed E-state index contributed by atoms with van der Waals surface area (Å²) in [5, 5.41) is 2.79. The summed E-state index contributed by atoms with van der Waals surface area (Å²) in [5.41, 5.74) is -0.777. The molecule has 2 unspecified atom stereocenters. The first-order valence-corrected chi connectivity index (χ1v) is 7.46. The van der Waals surface area contributed by atoms with Crippen molar-refractivity contribution in [3.63, 3.8) is 0 Å². The molecule has 1 saturated heterocycles. The molecular formula is C15H28N2O2. The fourth-order valence-electron chi connectivity index (χ4n) is 2.68. The number of nitrogens with one attached hydrogen (secondary N) is 1. The highest BCUT2D eigenvalue weighted by atomic mass is 16.2. The van der Waals surface area contributed by atoms with Gasteiger partial charge in [0.05, 0.1) is 0 Å². The number of unbranched alkanes of at least 4 members (excludes halogenated alkanes) is 3. The first kappa shape index (κ1) is 16.0. The van der Waals surface area contributed by atoms with Crippen LogP contribution in [0.15, 0.2) is 0 Å². The lowest BCUT2D eigenvalue weighted by Gasteiger charge is -2.44. The summed E-state index contributed by atoms with van der Waals surface area (Å²) in [6.07, 6.45) is 5.74. The van der Waals surface area contributed by atoms with E-state index in [0.717, 1.165) is 12.8 Å². The van der Waals surface area contributed by atoms with E-state index >= 15 is 0 Å². The molecular weight excluding hydrogens is 240 g/mol. The van der Waals surface area contributed by atoms with Crippen LogP contribution in [0.25, 0.3) is 0 Å². The number of nitrogens with zero attached hydrogens (tertiary/aromatic N) is 1. The van der Waals surface area contributed by atoms with Crippen LogP contribution in [-0.2, 0) is 9.59 Å². The van der Waals surface area contributed by atoms with E-state index in [-0.39, 0.29) is 23.9 Å². The van der Waals surface area contributed by atoms with Crippen molar-refractivity contribution in [3.05, 3.63) is 0 Å². The van der Waals surface area contributed by atoms with Crippen LogP contribution in [0.3, 0.4) is 0 Å². The summed E-state index contributed by atoms with van der Waals surface area (Å²) < 4.78 is 0. The number of rotatable bonds is 6. The van der Waals surface area contributed by atoms with Crippen molar-refractivity contribution in [1.82, 2.24) is 10.2 Å². The van der Waals surface area contributed by atoms with Crippen LogP contribution in [0.1, 0.15) is 66.7 Å². The summed E-state index contributed by atoms with van der Waals surface area (Å²) in [6.45, 7) is 9.60. The van der Waals surface area contributed by atoms with Gasteiger partial charge in [0.15, 0.2) is 0 Å². The van der Waals surface area contributed by atoms with E-state index in [2.05, 4.69) is 19.2 Å². The van der Waals surface area contributed by atoms with Crippen LogP contribution in [0, 0.1) is 0 Å². The number of hydrogen-bond acceptors (Lipinski definition) is 2. The van der Waals surface area contributed by atoms with E-state index in [1.807, 2.05) is 6.92 Å². The molecule has 0 spiro atoms. The molecule has 110 valence electrons. The largest absolute Gasteiger partial charge is 0.340 e. The molecule has 1 fully saturated rings. The number of amides is 2. The van der Waals surface area contributed by atoms with Crippen molar-refractivity contribution in [1.29, 1.82) is 0 Å². The predicted molar refractivity (Wildman–Crippen MR) is 76.8 cm³/mol. The van der Waals surface area contributed by atoms with Gasteiger partial charge in [0.2, 0.25) is 11.8 Å². The average Bonchev–Trinajstić information content (AvgIpc) is 2.32. The second kappa shape index (κ2) is 6.40. The molecule has 0 aliphatic carbocycles. The van der Waals surface area contributed by atoms with Crippen molar-refractivity contribution in [3.8, 4) is 0 Å². The van der Waals surface area contributed by atoms with Crippen LogP contribution in [0.4, 0.5) is 0 Å². The molecule has 1 aliphatic rings. The number of carbonyl (C=O) groups is 2. The number of carbonyl (C=O) groups excluding carboxylic acids is 2. The van der Waals surface area contributed by atoms with Gasteiger partial charge < -0.3 is 10.2 Å². The van der Waals surface area contributed by atoms with Crippen molar-refractivity contribution in [2.24, 2.45) is 0 Å². The summed E-state index contributed by atoms with van der Waals surface area (Å²) in [7, 11) is 0. The van der Waals surface area contributed by atoms with Gasteiger partial charge in [-0.05, 0) is 34.1 Å². The van der Waals surface area contributed by atoms with Crippen molar-refractivity contribution < 1.29 is 9.59 Å². The molecule has 0 aromatic heterocycles. The van der Waals surface area contributed by atoms with E-state index in [0.29, 0.717) is 0 Å². The fourth-order valence-corrected chi connectivity index (χ4v) is 2.68. The molecule has 0 bridgehead atoms. The van der Waals surface area contributed by atoms with Gasteiger partial charge in [-0.25, -0.2) is 0 Å². The van der Waals surface area contributed by atoms with Gasteiger partial charge in [-0.2, -0.15) is 0 Å². The molecule has 4 heteroatoms. The van der Waals surface area contributed by atoms with E-state index < -0.39 is 5.54 Å². The Morgan fingerprint density at radius 3 is 2.47 bits per heavy atom. The van der Waals surface area contributed by atoms with Crippen molar-refractivity contribution in [2.75, 3.05) is 0 Å². The van der Waals surface area contributed by atoms with Crippen LogP contribution in [0.2, 0.25) is 0 Å². The summed E-state index contributed by atoms with van der Waals surface area (Å²) in [5.74, 6) is -0.0207. The zero-order valence-corrected chi connectivity index (χ0v) is 13.0. The lowest BCUT2D eigenvalue weighted by Crippen LogP contribution is -2.68. The van der Waals surface area contributed by atoms with Crippen molar-refractivity contribution >= 4 is 11.8 Å². The molecule has 1 rings (SSSR count). The summed E-state index contributed by atoms with van der Waals surface area (Å²) in [6, 6.07) is -0.230. The maximum atomic E-state index is 12.4. The highest BCUT2D eigenvalue weighted by Crippen LogP contribution is 2.22. The number of piperazine rings is 1. The molecule has 0 aromatic rings. The minimum Gasteiger partial charge on any atom is -0.340 e. The molecule has 1 aliphatic heterocycles. The fraction of sp³-hybridized carbons (Fsp3) is 0.867. The summed E-state index contributed by atoms with van der Waals surface area (Å²) >= 11 is 0. The molecule has 1 N–H and O–H groups in total. The third-order valence-corrected chi connectivity index (χ3v) is 3.95. The quantitative estimate of drug-likeness (QED) is 0.752. The monoisotopic (exact) mass is 268 g/mol. The molecule has 0 radical (unpaired) electrons. The second-order valence-electron chi connectivity index (χ2n) is 6.20. The van der Waals surface area contributed by atoms with Crippen molar-refractivity contribution in [2.45, 2.75) is 84.3 Å². The van der Waals surface area contributed by atoms with Crippen LogP contribution in [-0.4, -0.2) is 34.3 Å². The number of hydrogen-bond donors (Lipinski definition) is 1. The Morgan fingerprint density at radius 1 is 1.26 bits per heavy atom. The van der Waals surface area contributed by atoms with Gasteiger partial charge in [0, 0.05) is 6.04 Å². The van der Waals surface area contributed by atoms with E-state index in [4.69, 9.17) is 0 Å². The maximum absolute atomic E-state index is 12.4. The zero-order valence-electron chi connectivity index (χ0n) is 13.0. The van der Waals surface area contributed by atoms with E-state index in [1.54, 1.807) is 18.7 Å². The third kappa shape index (κ3) is 3.71. The average molecular weight is 268 g/mol. The Labute approximate surface area is 116 Å². The van der Waals surface area contributed by atoms with Gasteiger partial charge in [-0.15, -0.1) is 0 Å². The molecule has 4 nitrogen and oxygen atoms in total. The normalized spacial score (nSPS) is 24.3. The second-order valence-corrected chi connectivity index (χ2v) is 6.20. The van der Waals surface area contributed by atoms with Gasteiger partial charge in [-0.3, -0.25) is 9.59 Å². The topological polar surface area (TPSA) is 49.4 Å². The molecule has 1 heterocycles. The van der Waals surface area contributed by atoms with Gasteiger partial charge in [0.25, 0.3) is 0 Å². The van der Waals surface area contributed by atoms with Gasteiger partial charge >= 0.3 is 0 Å². The standard InChI is InChI=1S/C15H28N2O2/c1-6-7-8-9-10-11(2)17-12(3)13(18)16-15(4,5)14(17)19/h11-12H,6-10H2,1-5H3,(H,16,18). The highest BCUT2D eigenvalue weighted by molar-refractivity contribution is 5.99. The Balaban J connectivity index is 2.66. The lowest BCUT2D eigenvalue weighted by atomic mass is 9.94. The third-order valence-electron chi connectivity index (χ3n) is 3.95. The molecule has 19 heavy (non-hydrogen) atoms. The predicted octanol–water partition coefficient (Wildman–Crippen LogP) is 2.47. The van der Waals surface area contributed by atoms with Gasteiger partial charge in [0.1, 0.15) is 11.6 Å². The molecule has 0 aromatic carbocycles. The summed E-state index contributed by atoms with van der Waals surface area (Å²) in [4.78, 5) is 26.2. The Kier molecular flexibility index (Phi) is 5.39. The van der Waals surface area contributed by atoms with Crippen LogP contribution < -0.4 is 5.32 Å². The maximum Gasteiger partial charge on any atom is 0.248 e. The molecule has 2 amide bonds. The molecule has 0 saturated carbocycles. The zero-order chi connectivity index (χ0) is 14.6. The molecule has 2 atom stereocenters. The minimum absolute atomic E-state index is 0.0302. The Hall–Kier alpha value is -1.06. The SMILES string of the molecule is CCCCCCC(C)N1C(=O)C(C)(C)NC(=O)C1C. The van der Waals surface area contributed by atoms with E-state index in [9.17, 15) is 9.59 Å². The Morgan fingerprint density at radius 2 is 1.89 bits per heavy atom. The van der Waals surface area contributed by atoms with Crippen LogP contribution in [0.5, 0.6) is 0 Å². The first-order chi connectivity index (χ1) is 8.81. The van der Waals surface area contributed by atoms with Crippen LogP contribution >= 0.6 is 0 Å². The Bertz CT molecular complexity index is 339. The lowest BCUT2D eigenvalue weighted by molar-refractivity contribution is -0.155. The smallest absolute Gasteiger partial charge is 0.248 e. The highest BCUT2D eigenvalue weighted by Gasteiger charge is 2.44.